The van der Waals surface area contributed by atoms with Gasteiger partial charge in [0, 0.05) is 31.3 Å². The predicted molar refractivity (Wildman–Crippen MR) is 93.2 cm³/mol. The van der Waals surface area contributed by atoms with Crippen LogP contribution < -0.4 is 5.32 Å². The van der Waals surface area contributed by atoms with Gasteiger partial charge in [0.1, 0.15) is 17.5 Å². The van der Waals surface area contributed by atoms with Gasteiger partial charge in [0.15, 0.2) is 0 Å². The van der Waals surface area contributed by atoms with Crippen LogP contribution in [0.15, 0.2) is 42.5 Å². The lowest BCUT2D eigenvalue weighted by Gasteiger charge is -2.34. The molecule has 0 aliphatic carbocycles. The van der Waals surface area contributed by atoms with Crippen LogP contribution >= 0.6 is 0 Å². The minimum absolute atomic E-state index is 0.00644. The zero-order valence-corrected chi connectivity index (χ0v) is 14.4. The van der Waals surface area contributed by atoms with Crippen molar-refractivity contribution in [1.82, 2.24) is 9.80 Å². The molecule has 1 aliphatic rings. The Morgan fingerprint density at radius 2 is 1.81 bits per heavy atom. The SMILES string of the molecule is O=C(CN1CCN(Cc2ccc(F)cc2F)C(=O)C1)Nc1ccccc1F. The van der Waals surface area contributed by atoms with Gasteiger partial charge in [-0.3, -0.25) is 14.5 Å². The van der Waals surface area contributed by atoms with Gasteiger partial charge in [-0.2, -0.15) is 0 Å². The van der Waals surface area contributed by atoms with E-state index in [0.29, 0.717) is 13.1 Å². The Hall–Kier alpha value is -2.87. The highest BCUT2D eigenvalue weighted by Crippen LogP contribution is 2.15. The van der Waals surface area contributed by atoms with Crippen molar-refractivity contribution >= 4 is 17.5 Å². The molecule has 27 heavy (non-hydrogen) atoms. The van der Waals surface area contributed by atoms with Gasteiger partial charge in [0.05, 0.1) is 18.8 Å². The van der Waals surface area contributed by atoms with E-state index in [1.807, 2.05) is 0 Å². The van der Waals surface area contributed by atoms with Crippen LogP contribution in [0.5, 0.6) is 0 Å². The number of carbonyl (C=O) groups excluding carboxylic acids is 2. The van der Waals surface area contributed by atoms with Crippen LogP contribution in [-0.4, -0.2) is 47.8 Å². The van der Waals surface area contributed by atoms with E-state index in [2.05, 4.69) is 5.32 Å². The minimum atomic E-state index is -0.700. The number of hydrogen-bond acceptors (Lipinski definition) is 3. The lowest BCUT2D eigenvalue weighted by molar-refractivity contribution is -0.137. The van der Waals surface area contributed by atoms with E-state index >= 15 is 0 Å². The van der Waals surface area contributed by atoms with Crippen molar-refractivity contribution in [2.24, 2.45) is 0 Å². The Morgan fingerprint density at radius 3 is 2.52 bits per heavy atom. The molecule has 0 atom stereocenters. The molecule has 1 aliphatic heterocycles. The van der Waals surface area contributed by atoms with Crippen molar-refractivity contribution in [2.75, 3.05) is 31.5 Å². The summed E-state index contributed by atoms with van der Waals surface area (Å²) in [5.74, 6) is -2.59. The van der Waals surface area contributed by atoms with Gasteiger partial charge in [-0.25, -0.2) is 13.2 Å². The molecule has 0 spiro atoms. The molecule has 8 heteroatoms. The van der Waals surface area contributed by atoms with Gasteiger partial charge in [-0.05, 0) is 18.2 Å². The standard InChI is InChI=1S/C19H18F3N3O2/c20-14-6-5-13(16(22)9-14)10-25-8-7-24(12-19(25)27)11-18(26)23-17-4-2-1-3-15(17)21/h1-6,9H,7-8,10-12H2,(H,23,26). The molecule has 1 saturated heterocycles. The summed E-state index contributed by atoms with van der Waals surface area (Å²) >= 11 is 0. The second-order valence-electron chi connectivity index (χ2n) is 6.29. The molecule has 0 bridgehead atoms. The summed E-state index contributed by atoms with van der Waals surface area (Å²) in [4.78, 5) is 27.4. The number of nitrogens with one attached hydrogen (secondary N) is 1. The Bertz CT molecular complexity index is 860. The summed E-state index contributed by atoms with van der Waals surface area (Å²) in [6, 6.07) is 9.06. The van der Waals surface area contributed by atoms with E-state index < -0.39 is 23.4 Å². The van der Waals surface area contributed by atoms with Gasteiger partial charge in [0.2, 0.25) is 11.8 Å². The molecule has 2 aromatic carbocycles. The average Bonchev–Trinajstić information content (AvgIpc) is 2.61. The second-order valence-corrected chi connectivity index (χ2v) is 6.29. The second kappa shape index (κ2) is 8.22. The molecule has 3 rings (SSSR count). The Labute approximate surface area is 154 Å². The van der Waals surface area contributed by atoms with Crippen LogP contribution in [0.3, 0.4) is 0 Å². The normalized spacial score (nSPS) is 15.1. The fourth-order valence-electron chi connectivity index (χ4n) is 2.87. The third kappa shape index (κ3) is 4.85. The van der Waals surface area contributed by atoms with Crippen molar-refractivity contribution in [3.05, 3.63) is 65.5 Å². The first-order valence-corrected chi connectivity index (χ1v) is 8.41. The number of para-hydroxylation sites is 1. The molecule has 2 amide bonds. The van der Waals surface area contributed by atoms with E-state index in [4.69, 9.17) is 0 Å². The Kier molecular flexibility index (Phi) is 5.75. The number of rotatable bonds is 5. The summed E-state index contributed by atoms with van der Waals surface area (Å²) in [6.45, 7) is 0.703. The highest BCUT2D eigenvalue weighted by atomic mass is 19.1. The maximum atomic E-state index is 13.7. The van der Waals surface area contributed by atoms with Gasteiger partial charge < -0.3 is 10.2 Å². The maximum Gasteiger partial charge on any atom is 0.238 e. The summed E-state index contributed by atoms with van der Waals surface area (Å²) in [5.41, 5.74) is 0.315. The zero-order valence-electron chi connectivity index (χ0n) is 14.4. The number of carbonyl (C=O) groups is 2. The quantitative estimate of drug-likeness (QED) is 0.871. The molecule has 0 aromatic heterocycles. The first-order chi connectivity index (χ1) is 12.9. The maximum absolute atomic E-state index is 13.7. The predicted octanol–water partition coefficient (Wildman–Crippen LogP) is 2.39. The topological polar surface area (TPSA) is 52.7 Å². The largest absolute Gasteiger partial charge is 0.336 e. The first-order valence-electron chi connectivity index (χ1n) is 8.41. The van der Waals surface area contributed by atoms with Crippen LogP contribution in [0.25, 0.3) is 0 Å². The molecular weight excluding hydrogens is 359 g/mol. The average molecular weight is 377 g/mol. The zero-order chi connectivity index (χ0) is 19.4. The Balaban J connectivity index is 1.53. The molecule has 1 fully saturated rings. The highest BCUT2D eigenvalue weighted by Gasteiger charge is 2.26. The molecule has 142 valence electrons. The van der Waals surface area contributed by atoms with E-state index in [-0.39, 0.29) is 36.8 Å². The number of nitrogens with zero attached hydrogens (tertiary/aromatic N) is 2. The monoisotopic (exact) mass is 377 g/mol. The van der Waals surface area contributed by atoms with Gasteiger partial charge in [0.25, 0.3) is 0 Å². The van der Waals surface area contributed by atoms with E-state index in [0.717, 1.165) is 12.1 Å². The van der Waals surface area contributed by atoms with Crippen molar-refractivity contribution in [3.63, 3.8) is 0 Å². The first kappa shape index (κ1) is 18.9. The molecule has 5 nitrogen and oxygen atoms in total. The lowest BCUT2D eigenvalue weighted by atomic mass is 10.1. The molecule has 1 N–H and O–H groups in total. The van der Waals surface area contributed by atoms with Crippen LogP contribution in [0.1, 0.15) is 5.56 Å². The molecule has 0 saturated carbocycles. The van der Waals surface area contributed by atoms with Gasteiger partial charge >= 0.3 is 0 Å². The van der Waals surface area contributed by atoms with Crippen LogP contribution in [-0.2, 0) is 16.1 Å². The third-order valence-electron chi connectivity index (χ3n) is 4.29. The van der Waals surface area contributed by atoms with Crippen LogP contribution in [0.4, 0.5) is 18.9 Å². The summed E-state index contributed by atoms with van der Waals surface area (Å²) in [7, 11) is 0. The number of hydrogen-bond donors (Lipinski definition) is 1. The van der Waals surface area contributed by atoms with Crippen molar-refractivity contribution < 1.29 is 22.8 Å². The third-order valence-corrected chi connectivity index (χ3v) is 4.29. The van der Waals surface area contributed by atoms with Gasteiger partial charge in [-0.15, -0.1) is 0 Å². The number of piperazine rings is 1. The van der Waals surface area contributed by atoms with Crippen LogP contribution in [0.2, 0.25) is 0 Å². The molecule has 0 radical (unpaired) electrons. The number of halogens is 3. The fraction of sp³-hybridized carbons (Fsp3) is 0.263. The highest BCUT2D eigenvalue weighted by molar-refractivity contribution is 5.92. The van der Waals surface area contributed by atoms with E-state index in [1.54, 1.807) is 11.0 Å². The van der Waals surface area contributed by atoms with Gasteiger partial charge in [-0.1, -0.05) is 18.2 Å². The van der Waals surface area contributed by atoms with E-state index in [1.165, 1.54) is 29.2 Å². The smallest absolute Gasteiger partial charge is 0.238 e. The number of anilines is 1. The summed E-state index contributed by atoms with van der Waals surface area (Å²) in [6.07, 6.45) is 0. The van der Waals surface area contributed by atoms with E-state index in [9.17, 15) is 22.8 Å². The summed E-state index contributed by atoms with van der Waals surface area (Å²) < 4.78 is 40.3. The van der Waals surface area contributed by atoms with Crippen molar-refractivity contribution in [1.29, 1.82) is 0 Å². The molecular formula is C19H18F3N3O2. The summed E-state index contributed by atoms with van der Waals surface area (Å²) in [5, 5.41) is 2.47. The molecule has 2 aromatic rings. The Morgan fingerprint density at radius 1 is 1.04 bits per heavy atom. The number of benzene rings is 2. The lowest BCUT2D eigenvalue weighted by Crippen LogP contribution is -2.51. The minimum Gasteiger partial charge on any atom is -0.336 e. The molecule has 1 heterocycles. The number of amides is 2. The van der Waals surface area contributed by atoms with Crippen LogP contribution in [0, 0.1) is 17.5 Å². The fourth-order valence-corrected chi connectivity index (χ4v) is 2.87. The molecule has 0 unspecified atom stereocenters. The van der Waals surface area contributed by atoms with Crippen molar-refractivity contribution in [3.8, 4) is 0 Å². The van der Waals surface area contributed by atoms with Crippen molar-refractivity contribution in [2.45, 2.75) is 6.54 Å².